The van der Waals surface area contributed by atoms with E-state index < -0.39 is 12.0 Å². The fourth-order valence-electron chi connectivity index (χ4n) is 3.99. The van der Waals surface area contributed by atoms with Crippen LogP contribution in [0.2, 0.25) is 5.02 Å². The van der Waals surface area contributed by atoms with E-state index >= 15 is 0 Å². The molecule has 1 unspecified atom stereocenters. The van der Waals surface area contributed by atoms with E-state index in [1.807, 2.05) is 72.8 Å². The Hall–Kier alpha value is -4.29. The van der Waals surface area contributed by atoms with Gasteiger partial charge in [0.05, 0.1) is 17.8 Å². The maximum absolute atomic E-state index is 13.1. The molecule has 0 saturated carbocycles. The summed E-state index contributed by atoms with van der Waals surface area (Å²) in [6.45, 7) is 1.06. The van der Waals surface area contributed by atoms with Gasteiger partial charge >= 0.3 is 5.97 Å². The molecule has 38 heavy (non-hydrogen) atoms. The number of para-hydroxylation sites is 2. The van der Waals surface area contributed by atoms with Crippen LogP contribution in [0.15, 0.2) is 103 Å². The molecule has 0 amide bonds. The van der Waals surface area contributed by atoms with Crippen molar-refractivity contribution >= 4 is 34.7 Å². The number of methoxy groups -OCH3 is 1. The van der Waals surface area contributed by atoms with Gasteiger partial charge in [0, 0.05) is 29.8 Å². The second-order valence-electron chi connectivity index (χ2n) is 8.56. The quantitative estimate of drug-likeness (QED) is 0.128. The van der Waals surface area contributed by atoms with E-state index in [4.69, 9.17) is 21.1 Å². The summed E-state index contributed by atoms with van der Waals surface area (Å²) in [7, 11) is 1.35. The van der Waals surface area contributed by atoms with E-state index in [9.17, 15) is 9.59 Å². The third-order valence-corrected chi connectivity index (χ3v) is 6.28. The van der Waals surface area contributed by atoms with Crippen molar-refractivity contribution in [3.63, 3.8) is 0 Å². The Kier molecular flexibility index (Phi) is 9.37. The topological polar surface area (TPSA) is 76.7 Å². The van der Waals surface area contributed by atoms with Crippen molar-refractivity contribution < 1.29 is 19.1 Å². The fourth-order valence-corrected chi connectivity index (χ4v) is 4.19. The molecule has 0 aliphatic carbocycles. The molecule has 2 N–H and O–H groups in total. The third kappa shape index (κ3) is 7.14. The smallest absolute Gasteiger partial charge is 0.328 e. The maximum Gasteiger partial charge on any atom is 0.328 e. The van der Waals surface area contributed by atoms with Crippen LogP contribution < -0.4 is 15.4 Å². The van der Waals surface area contributed by atoms with Gasteiger partial charge in [0.2, 0.25) is 0 Å². The second-order valence-corrected chi connectivity index (χ2v) is 8.97. The summed E-state index contributed by atoms with van der Waals surface area (Å²) in [4.78, 5) is 25.8. The third-order valence-electron chi connectivity index (χ3n) is 5.95. The summed E-state index contributed by atoms with van der Waals surface area (Å²) in [6.07, 6.45) is 0.370. The van der Waals surface area contributed by atoms with Gasteiger partial charge in [0.25, 0.3) is 0 Å². The number of esters is 1. The molecule has 6 nitrogen and oxygen atoms in total. The minimum absolute atomic E-state index is 0.122. The van der Waals surface area contributed by atoms with Crippen molar-refractivity contribution in [1.29, 1.82) is 0 Å². The number of nitrogens with one attached hydrogen (secondary N) is 2. The maximum atomic E-state index is 13.1. The van der Waals surface area contributed by atoms with Crippen molar-refractivity contribution in [2.75, 3.05) is 30.9 Å². The monoisotopic (exact) mass is 528 g/mol. The van der Waals surface area contributed by atoms with Crippen molar-refractivity contribution in [3.8, 4) is 5.75 Å². The molecule has 4 aromatic carbocycles. The highest BCUT2D eigenvalue weighted by Crippen LogP contribution is 2.23. The van der Waals surface area contributed by atoms with Gasteiger partial charge in [-0.2, -0.15) is 0 Å². The molecule has 0 aliphatic rings. The molecule has 4 aromatic rings. The van der Waals surface area contributed by atoms with Crippen LogP contribution in [0.25, 0.3) is 0 Å². The molecule has 0 fully saturated rings. The molecule has 0 spiro atoms. The Morgan fingerprint density at radius 1 is 0.816 bits per heavy atom. The van der Waals surface area contributed by atoms with Gasteiger partial charge in [-0.05, 0) is 42.0 Å². The highest BCUT2D eigenvalue weighted by atomic mass is 35.5. The normalized spacial score (nSPS) is 11.3. The highest BCUT2D eigenvalue weighted by Gasteiger charge is 2.22. The van der Waals surface area contributed by atoms with Crippen LogP contribution in [-0.4, -0.2) is 38.1 Å². The van der Waals surface area contributed by atoms with Gasteiger partial charge in [-0.25, -0.2) is 4.79 Å². The lowest BCUT2D eigenvalue weighted by Gasteiger charge is -2.20. The molecule has 194 valence electrons. The number of carbonyl (C=O) groups is 2. The number of hydrogen-bond acceptors (Lipinski definition) is 6. The van der Waals surface area contributed by atoms with Gasteiger partial charge in [-0.3, -0.25) is 4.79 Å². The highest BCUT2D eigenvalue weighted by molar-refractivity contribution is 6.33. The van der Waals surface area contributed by atoms with Gasteiger partial charge in [-0.1, -0.05) is 78.3 Å². The first kappa shape index (κ1) is 26.8. The molecule has 0 radical (unpaired) electrons. The summed E-state index contributed by atoms with van der Waals surface area (Å²) in [5.41, 5.74) is 3.42. The van der Waals surface area contributed by atoms with Gasteiger partial charge in [0.15, 0.2) is 5.78 Å². The SMILES string of the molecule is COC(=O)C(Cc1ccc(OCCNc2ccccc2Cl)cc1)Nc1ccccc1C(=O)c1ccccc1. The number of ketones is 1. The molecule has 0 bridgehead atoms. The van der Waals surface area contributed by atoms with Crippen molar-refractivity contribution in [2.24, 2.45) is 0 Å². The number of rotatable bonds is 12. The van der Waals surface area contributed by atoms with Crippen molar-refractivity contribution in [3.05, 3.63) is 125 Å². The first-order valence-corrected chi connectivity index (χ1v) is 12.7. The van der Waals surface area contributed by atoms with Crippen LogP contribution in [0.5, 0.6) is 5.75 Å². The van der Waals surface area contributed by atoms with Crippen LogP contribution >= 0.6 is 11.6 Å². The summed E-state index contributed by atoms with van der Waals surface area (Å²) >= 11 is 6.16. The lowest BCUT2D eigenvalue weighted by Crippen LogP contribution is -2.33. The average Bonchev–Trinajstić information content (AvgIpc) is 2.96. The van der Waals surface area contributed by atoms with Gasteiger partial charge in [-0.15, -0.1) is 0 Å². The van der Waals surface area contributed by atoms with Crippen LogP contribution in [0, 0.1) is 0 Å². The zero-order chi connectivity index (χ0) is 26.7. The summed E-state index contributed by atoms with van der Waals surface area (Å²) in [5, 5.41) is 7.14. The van der Waals surface area contributed by atoms with Crippen molar-refractivity contribution in [1.82, 2.24) is 0 Å². The number of hydrogen-bond donors (Lipinski definition) is 2. The zero-order valence-corrected chi connectivity index (χ0v) is 21.8. The van der Waals surface area contributed by atoms with Gasteiger partial charge in [0.1, 0.15) is 18.4 Å². The number of benzene rings is 4. The van der Waals surface area contributed by atoms with E-state index in [1.54, 1.807) is 30.3 Å². The predicted octanol–water partition coefficient (Wildman–Crippen LogP) is 6.26. The molecular formula is C31H29ClN2O4. The first-order chi connectivity index (χ1) is 18.5. The van der Waals surface area contributed by atoms with Crippen LogP contribution in [-0.2, 0) is 16.0 Å². The number of anilines is 2. The lowest BCUT2D eigenvalue weighted by molar-refractivity contribution is -0.141. The molecule has 1 atom stereocenters. The number of carbonyl (C=O) groups excluding carboxylic acids is 2. The van der Waals surface area contributed by atoms with Crippen molar-refractivity contribution in [2.45, 2.75) is 12.5 Å². The summed E-state index contributed by atoms with van der Waals surface area (Å²) in [6, 6.07) is 30.6. The Balaban J connectivity index is 1.38. The number of ether oxygens (including phenoxy) is 2. The van der Waals surface area contributed by atoms with Crippen LogP contribution in [0.1, 0.15) is 21.5 Å². The molecule has 0 saturated heterocycles. The average molecular weight is 529 g/mol. The predicted molar refractivity (Wildman–Crippen MR) is 151 cm³/mol. The summed E-state index contributed by atoms with van der Waals surface area (Å²) < 4.78 is 10.9. The molecule has 4 rings (SSSR count). The van der Waals surface area contributed by atoms with E-state index in [0.29, 0.717) is 41.4 Å². The molecule has 0 heterocycles. The van der Waals surface area contributed by atoms with Gasteiger partial charge < -0.3 is 20.1 Å². The van der Waals surface area contributed by atoms with Crippen LogP contribution in [0.3, 0.4) is 0 Å². The van der Waals surface area contributed by atoms with E-state index in [1.165, 1.54) is 7.11 Å². The minimum Gasteiger partial charge on any atom is -0.492 e. The molecule has 7 heteroatoms. The Morgan fingerprint density at radius 3 is 2.18 bits per heavy atom. The Bertz CT molecular complexity index is 1360. The van der Waals surface area contributed by atoms with E-state index in [0.717, 1.165) is 17.0 Å². The van der Waals surface area contributed by atoms with E-state index in [2.05, 4.69) is 10.6 Å². The zero-order valence-electron chi connectivity index (χ0n) is 21.0. The first-order valence-electron chi connectivity index (χ1n) is 12.3. The Morgan fingerprint density at radius 2 is 1.47 bits per heavy atom. The number of halogens is 1. The van der Waals surface area contributed by atoms with E-state index in [-0.39, 0.29) is 5.78 Å². The minimum atomic E-state index is -0.684. The molecule has 0 aromatic heterocycles. The lowest BCUT2D eigenvalue weighted by atomic mass is 10.00. The standard InChI is InChI=1S/C31H29ClN2O4/c1-37-31(36)29(34-27-13-7-5-11-25(27)30(35)23-9-3-2-4-10-23)21-22-15-17-24(18-16-22)38-20-19-33-28-14-8-6-12-26(28)32/h2-18,29,33-34H,19-21H2,1H3. The van der Waals surface area contributed by atoms with Crippen LogP contribution in [0.4, 0.5) is 11.4 Å². The fraction of sp³-hybridized carbons (Fsp3) is 0.161. The second kappa shape index (κ2) is 13.3. The molecular weight excluding hydrogens is 500 g/mol. The largest absolute Gasteiger partial charge is 0.492 e. The Labute approximate surface area is 227 Å². The molecule has 0 aliphatic heterocycles. The summed E-state index contributed by atoms with van der Waals surface area (Å²) in [5.74, 6) is 0.178.